The number of hydrogen-bond acceptors (Lipinski definition) is 4. The van der Waals surface area contributed by atoms with E-state index < -0.39 is 5.91 Å². The van der Waals surface area contributed by atoms with Crippen LogP contribution in [0.25, 0.3) is 0 Å². The molecule has 1 aromatic rings. The summed E-state index contributed by atoms with van der Waals surface area (Å²) in [6.45, 7) is 0. The summed E-state index contributed by atoms with van der Waals surface area (Å²) in [5.74, 6) is -0.512. The molecule has 17 heavy (non-hydrogen) atoms. The van der Waals surface area contributed by atoms with Crippen LogP contribution in [0.15, 0.2) is 6.20 Å². The molecule has 1 heterocycles. The molecular weight excluding hydrogens is 218 g/mol. The van der Waals surface area contributed by atoms with E-state index in [1.165, 1.54) is 0 Å². The third-order valence-electron chi connectivity index (χ3n) is 3.26. The average molecular weight is 233 g/mol. The standard InChI is InChI=1S/C11H15N5O/c12-5-7-3-1-2-4-9(7)16-6-8(11(14)17)10(13)15-16/h6-7,9H,1-4H2,(H2,13,15)(H2,14,17)/t7?,9-/m0/s1. The Morgan fingerprint density at radius 2 is 2.24 bits per heavy atom. The molecule has 0 bridgehead atoms. The van der Waals surface area contributed by atoms with Crippen LogP contribution in [0, 0.1) is 17.2 Å². The van der Waals surface area contributed by atoms with Crippen LogP contribution in [0.5, 0.6) is 0 Å². The molecule has 0 radical (unpaired) electrons. The fourth-order valence-corrected chi connectivity index (χ4v) is 2.34. The zero-order chi connectivity index (χ0) is 12.4. The highest BCUT2D eigenvalue weighted by molar-refractivity contribution is 5.96. The molecule has 2 rings (SSSR count). The van der Waals surface area contributed by atoms with Crippen molar-refractivity contribution in [3.63, 3.8) is 0 Å². The highest BCUT2D eigenvalue weighted by Gasteiger charge is 2.28. The predicted molar refractivity (Wildman–Crippen MR) is 61.8 cm³/mol. The van der Waals surface area contributed by atoms with E-state index in [0.29, 0.717) is 0 Å². The molecule has 1 aromatic heterocycles. The Kier molecular flexibility index (Phi) is 3.00. The third-order valence-corrected chi connectivity index (χ3v) is 3.26. The summed E-state index contributed by atoms with van der Waals surface area (Å²) in [6.07, 6.45) is 5.44. The molecule has 4 N–H and O–H groups in total. The van der Waals surface area contributed by atoms with Crippen molar-refractivity contribution in [1.82, 2.24) is 9.78 Å². The van der Waals surface area contributed by atoms with Crippen molar-refractivity contribution in [2.45, 2.75) is 31.7 Å². The summed E-state index contributed by atoms with van der Waals surface area (Å²) in [4.78, 5) is 11.1. The normalized spacial score (nSPS) is 24.2. The average Bonchev–Trinajstić information content (AvgIpc) is 2.71. The molecule has 1 aliphatic rings. The molecule has 0 saturated heterocycles. The molecule has 1 amide bonds. The summed E-state index contributed by atoms with van der Waals surface area (Å²) < 4.78 is 1.63. The second kappa shape index (κ2) is 4.45. The van der Waals surface area contributed by atoms with Crippen molar-refractivity contribution in [2.75, 3.05) is 5.73 Å². The van der Waals surface area contributed by atoms with Gasteiger partial charge in [0.25, 0.3) is 5.91 Å². The number of hydrogen-bond donors (Lipinski definition) is 2. The number of nitrogen functional groups attached to an aromatic ring is 1. The van der Waals surface area contributed by atoms with Gasteiger partial charge in [-0.05, 0) is 12.8 Å². The van der Waals surface area contributed by atoms with Gasteiger partial charge >= 0.3 is 0 Å². The van der Waals surface area contributed by atoms with Gasteiger partial charge in [0.2, 0.25) is 0 Å². The number of anilines is 1. The van der Waals surface area contributed by atoms with Gasteiger partial charge in [-0.3, -0.25) is 9.48 Å². The van der Waals surface area contributed by atoms with E-state index in [1.54, 1.807) is 10.9 Å². The number of nitriles is 1. The summed E-state index contributed by atoms with van der Waals surface area (Å²) in [5, 5.41) is 13.2. The maximum atomic E-state index is 11.1. The van der Waals surface area contributed by atoms with E-state index in [-0.39, 0.29) is 23.3 Å². The lowest BCUT2D eigenvalue weighted by molar-refractivity contribution is 0.100. The molecule has 0 aromatic carbocycles. The molecule has 0 aliphatic heterocycles. The topological polar surface area (TPSA) is 111 Å². The number of nitrogens with zero attached hydrogens (tertiary/aromatic N) is 3. The van der Waals surface area contributed by atoms with Crippen LogP contribution < -0.4 is 11.5 Å². The number of primary amides is 1. The lowest BCUT2D eigenvalue weighted by atomic mass is 9.85. The minimum atomic E-state index is -0.585. The van der Waals surface area contributed by atoms with Crippen molar-refractivity contribution in [3.05, 3.63) is 11.8 Å². The van der Waals surface area contributed by atoms with Crippen LogP contribution in [-0.2, 0) is 0 Å². The molecule has 2 atom stereocenters. The molecule has 6 nitrogen and oxygen atoms in total. The minimum Gasteiger partial charge on any atom is -0.382 e. The molecule has 1 fully saturated rings. The van der Waals surface area contributed by atoms with E-state index in [4.69, 9.17) is 16.7 Å². The Labute approximate surface area is 99.2 Å². The van der Waals surface area contributed by atoms with Gasteiger partial charge in [-0.2, -0.15) is 10.4 Å². The number of carbonyl (C=O) groups excluding carboxylic acids is 1. The lowest BCUT2D eigenvalue weighted by Crippen LogP contribution is -2.22. The fraction of sp³-hybridized carbons (Fsp3) is 0.545. The summed E-state index contributed by atoms with van der Waals surface area (Å²) in [6, 6.07) is 2.30. The van der Waals surface area contributed by atoms with Gasteiger partial charge in [-0.25, -0.2) is 0 Å². The number of nitrogens with two attached hydrogens (primary N) is 2. The molecule has 0 spiro atoms. The van der Waals surface area contributed by atoms with Gasteiger partial charge in [0, 0.05) is 6.20 Å². The van der Waals surface area contributed by atoms with Gasteiger partial charge in [-0.1, -0.05) is 12.8 Å². The molecule has 90 valence electrons. The molecule has 6 heteroatoms. The predicted octanol–water partition coefficient (Wildman–Crippen LogP) is 0.819. The number of rotatable bonds is 2. The van der Waals surface area contributed by atoms with E-state index in [2.05, 4.69) is 11.2 Å². The maximum Gasteiger partial charge on any atom is 0.254 e. The second-order valence-corrected chi connectivity index (χ2v) is 4.36. The van der Waals surface area contributed by atoms with Gasteiger partial charge in [-0.15, -0.1) is 0 Å². The van der Waals surface area contributed by atoms with Crippen LogP contribution in [0.2, 0.25) is 0 Å². The lowest BCUT2D eigenvalue weighted by Gasteiger charge is -2.26. The van der Waals surface area contributed by atoms with E-state index in [1.807, 2.05) is 0 Å². The van der Waals surface area contributed by atoms with E-state index in [0.717, 1.165) is 25.7 Å². The Morgan fingerprint density at radius 1 is 1.53 bits per heavy atom. The summed E-state index contributed by atoms with van der Waals surface area (Å²) in [5.41, 5.74) is 11.0. The van der Waals surface area contributed by atoms with Crippen LogP contribution in [0.3, 0.4) is 0 Å². The third kappa shape index (κ3) is 2.09. The maximum absolute atomic E-state index is 11.1. The second-order valence-electron chi connectivity index (χ2n) is 4.36. The van der Waals surface area contributed by atoms with Gasteiger partial charge < -0.3 is 11.5 Å². The Hall–Kier alpha value is -2.03. The zero-order valence-corrected chi connectivity index (χ0v) is 9.47. The monoisotopic (exact) mass is 233 g/mol. The first-order chi connectivity index (χ1) is 8.13. The van der Waals surface area contributed by atoms with Crippen LogP contribution in [0.4, 0.5) is 5.82 Å². The van der Waals surface area contributed by atoms with Crippen molar-refractivity contribution < 1.29 is 4.79 Å². The van der Waals surface area contributed by atoms with Gasteiger partial charge in [0.05, 0.1) is 18.0 Å². The van der Waals surface area contributed by atoms with Gasteiger partial charge in [0.15, 0.2) is 5.82 Å². The Balaban J connectivity index is 2.30. The largest absolute Gasteiger partial charge is 0.382 e. The first kappa shape index (κ1) is 11.5. The first-order valence-electron chi connectivity index (χ1n) is 5.67. The number of amides is 1. The summed E-state index contributed by atoms with van der Waals surface area (Å²) >= 11 is 0. The first-order valence-corrected chi connectivity index (χ1v) is 5.67. The van der Waals surface area contributed by atoms with Crippen LogP contribution >= 0.6 is 0 Å². The zero-order valence-electron chi connectivity index (χ0n) is 9.47. The highest BCUT2D eigenvalue weighted by Crippen LogP contribution is 2.33. The van der Waals surface area contributed by atoms with Crippen molar-refractivity contribution in [2.24, 2.45) is 11.7 Å². The van der Waals surface area contributed by atoms with E-state index >= 15 is 0 Å². The number of aromatic nitrogens is 2. The Bertz CT molecular complexity index is 473. The molecule has 1 unspecified atom stereocenters. The SMILES string of the molecule is N#CC1CCCC[C@@H]1n1cc(C(N)=O)c(N)n1. The van der Waals surface area contributed by atoms with Crippen molar-refractivity contribution in [1.29, 1.82) is 5.26 Å². The molecule has 1 saturated carbocycles. The summed E-state index contributed by atoms with van der Waals surface area (Å²) in [7, 11) is 0. The fourth-order valence-electron chi connectivity index (χ4n) is 2.34. The molecule has 1 aliphatic carbocycles. The quantitative estimate of drug-likeness (QED) is 0.787. The van der Waals surface area contributed by atoms with Crippen LogP contribution in [0.1, 0.15) is 42.1 Å². The van der Waals surface area contributed by atoms with E-state index in [9.17, 15) is 4.79 Å². The van der Waals surface area contributed by atoms with Crippen molar-refractivity contribution >= 4 is 11.7 Å². The Morgan fingerprint density at radius 3 is 2.82 bits per heavy atom. The smallest absolute Gasteiger partial charge is 0.254 e. The molecular formula is C11H15N5O. The van der Waals surface area contributed by atoms with Gasteiger partial charge in [0.1, 0.15) is 5.56 Å². The highest BCUT2D eigenvalue weighted by atomic mass is 16.1. The minimum absolute atomic E-state index is 0.00384. The van der Waals surface area contributed by atoms with Crippen LogP contribution in [-0.4, -0.2) is 15.7 Å². The van der Waals surface area contributed by atoms with Crippen molar-refractivity contribution in [3.8, 4) is 6.07 Å². The number of carbonyl (C=O) groups is 1.